The molecule has 9 nitrogen and oxygen atoms in total. The van der Waals surface area contributed by atoms with Crippen molar-refractivity contribution in [2.24, 2.45) is 5.73 Å². The molecule has 2 heterocycles. The van der Waals surface area contributed by atoms with Crippen molar-refractivity contribution in [1.82, 2.24) is 15.3 Å². The molecule has 0 spiro atoms. The highest BCUT2D eigenvalue weighted by molar-refractivity contribution is 7.21. The number of aromatic nitrogens is 2. The molecule has 0 aliphatic rings. The first-order chi connectivity index (χ1) is 14.8. The van der Waals surface area contributed by atoms with E-state index in [2.05, 4.69) is 15.3 Å². The van der Waals surface area contributed by atoms with E-state index < -0.39 is 23.8 Å². The van der Waals surface area contributed by atoms with E-state index >= 15 is 0 Å². The number of carboxylic acids is 1. The zero-order chi connectivity index (χ0) is 22.4. The Morgan fingerprint density at radius 2 is 1.94 bits per heavy atom. The lowest BCUT2D eigenvalue weighted by atomic mass is 10.1. The lowest BCUT2D eigenvalue weighted by Gasteiger charge is -2.19. The molecule has 2 amide bonds. The Balaban J connectivity index is 1.67. The summed E-state index contributed by atoms with van der Waals surface area (Å²) in [6, 6.07) is 10.9. The second-order valence-electron chi connectivity index (χ2n) is 7.03. The van der Waals surface area contributed by atoms with Crippen LogP contribution in [0.3, 0.4) is 0 Å². The number of nitrogens with one attached hydrogen (secondary N) is 1. The van der Waals surface area contributed by atoms with Crippen molar-refractivity contribution < 1.29 is 19.5 Å². The van der Waals surface area contributed by atoms with Crippen LogP contribution < -0.4 is 16.0 Å². The maximum atomic E-state index is 12.2. The number of carboxylic acid groups (broad SMARTS) is 1. The number of hydrogen-bond donors (Lipinski definition) is 3. The molecule has 0 aliphatic heterocycles. The van der Waals surface area contributed by atoms with E-state index in [-0.39, 0.29) is 19.3 Å². The molecule has 0 saturated carbocycles. The maximum Gasteiger partial charge on any atom is 0.326 e. The number of nitrogens with two attached hydrogens (primary N) is 1. The number of carbonyl (C=O) groups excluding carboxylic acids is 2. The van der Waals surface area contributed by atoms with Crippen LogP contribution in [0.15, 0.2) is 42.7 Å². The predicted octanol–water partition coefficient (Wildman–Crippen LogP) is 2.02. The minimum Gasteiger partial charge on any atom is -0.480 e. The number of carbonyl (C=O) groups is 3. The van der Waals surface area contributed by atoms with E-state index in [0.29, 0.717) is 12.4 Å². The standard InChI is InChI=1S/C21H23N5O4S/c1-26(10-9-18(28)25-15(21(29)30)7-8-17(22)27)19-14-11-16(13-5-3-2-4-6-13)31-20(14)24-12-23-19/h2-6,11-12,15H,7-10H2,1H3,(H2,22,27)(H,25,28)(H,29,30). The first-order valence-electron chi connectivity index (χ1n) is 9.66. The zero-order valence-corrected chi connectivity index (χ0v) is 17.8. The number of aliphatic carboxylic acids is 1. The minimum absolute atomic E-state index is 0.0457. The van der Waals surface area contributed by atoms with Gasteiger partial charge in [0, 0.05) is 31.3 Å². The molecule has 0 aliphatic carbocycles. The molecule has 31 heavy (non-hydrogen) atoms. The van der Waals surface area contributed by atoms with Crippen LogP contribution in [0.5, 0.6) is 0 Å². The van der Waals surface area contributed by atoms with E-state index in [9.17, 15) is 19.5 Å². The first kappa shape index (κ1) is 22.2. The summed E-state index contributed by atoms with van der Waals surface area (Å²) in [6.07, 6.45) is 1.40. The van der Waals surface area contributed by atoms with Gasteiger partial charge in [-0.15, -0.1) is 11.3 Å². The summed E-state index contributed by atoms with van der Waals surface area (Å²) < 4.78 is 0. The summed E-state index contributed by atoms with van der Waals surface area (Å²) in [7, 11) is 1.82. The number of benzene rings is 1. The summed E-state index contributed by atoms with van der Waals surface area (Å²) in [5.74, 6) is -1.55. The van der Waals surface area contributed by atoms with Gasteiger partial charge in [-0.2, -0.15) is 0 Å². The molecule has 0 radical (unpaired) electrons. The molecule has 0 bridgehead atoms. The highest BCUT2D eigenvalue weighted by Crippen LogP contribution is 2.35. The lowest BCUT2D eigenvalue weighted by molar-refractivity contribution is -0.142. The van der Waals surface area contributed by atoms with Crippen LogP contribution >= 0.6 is 11.3 Å². The van der Waals surface area contributed by atoms with Gasteiger partial charge in [0.2, 0.25) is 11.8 Å². The van der Waals surface area contributed by atoms with E-state index in [1.165, 1.54) is 6.33 Å². The molecule has 2 aromatic heterocycles. The van der Waals surface area contributed by atoms with Crippen molar-refractivity contribution in [2.75, 3.05) is 18.5 Å². The van der Waals surface area contributed by atoms with Crippen LogP contribution in [-0.4, -0.2) is 52.5 Å². The smallest absolute Gasteiger partial charge is 0.326 e. The molecule has 1 aromatic carbocycles. The third-order valence-corrected chi connectivity index (χ3v) is 5.81. The summed E-state index contributed by atoms with van der Waals surface area (Å²) in [6.45, 7) is 0.330. The number of thiophene rings is 1. The largest absolute Gasteiger partial charge is 0.480 e. The Bertz CT molecular complexity index is 1090. The van der Waals surface area contributed by atoms with Gasteiger partial charge >= 0.3 is 5.97 Å². The number of rotatable bonds is 10. The second kappa shape index (κ2) is 9.98. The number of hydrogen-bond acceptors (Lipinski definition) is 7. The fraction of sp³-hybridized carbons (Fsp3) is 0.286. The topological polar surface area (TPSA) is 139 Å². The van der Waals surface area contributed by atoms with Crippen LogP contribution in [0, 0.1) is 0 Å². The van der Waals surface area contributed by atoms with Gasteiger partial charge in [-0.05, 0) is 18.1 Å². The van der Waals surface area contributed by atoms with Crippen LogP contribution in [0.1, 0.15) is 19.3 Å². The highest BCUT2D eigenvalue weighted by Gasteiger charge is 2.21. The van der Waals surface area contributed by atoms with Gasteiger partial charge in [0.05, 0.1) is 5.39 Å². The van der Waals surface area contributed by atoms with Gasteiger partial charge in [-0.3, -0.25) is 9.59 Å². The van der Waals surface area contributed by atoms with Gasteiger partial charge in [-0.25, -0.2) is 14.8 Å². The van der Waals surface area contributed by atoms with Gasteiger partial charge in [-0.1, -0.05) is 30.3 Å². The van der Waals surface area contributed by atoms with Gasteiger partial charge in [0.15, 0.2) is 0 Å². The Morgan fingerprint density at radius 3 is 2.61 bits per heavy atom. The normalized spacial score (nSPS) is 11.8. The average Bonchev–Trinajstić information content (AvgIpc) is 3.19. The van der Waals surface area contributed by atoms with Crippen molar-refractivity contribution in [3.05, 3.63) is 42.7 Å². The van der Waals surface area contributed by atoms with E-state index in [4.69, 9.17) is 5.73 Å². The van der Waals surface area contributed by atoms with E-state index in [1.807, 2.05) is 48.3 Å². The van der Waals surface area contributed by atoms with Gasteiger partial charge in [0.25, 0.3) is 0 Å². The van der Waals surface area contributed by atoms with Crippen molar-refractivity contribution >= 4 is 45.2 Å². The van der Waals surface area contributed by atoms with Crippen LogP contribution in [-0.2, 0) is 14.4 Å². The predicted molar refractivity (Wildman–Crippen MR) is 119 cm³/mol. The molecule has 4 N–H and O–H groups in total. The Kier molecular flexibility index (Phi) is 7.14. The van der Waals surface area contributed by atoms with Crippen molar-refractivity contribution in [3.63, 3.8) is 0 Å². The quantitative estimate of drug-likeness (QED) is 0.437. The van der Waals surface area contributed by atoms with E-state index in [1.54, 1.807) is 11.3 Å². The maximum absolute atomic E-state index is 12.2. The summed E-state index contributed by atoms with van der Waals surface area (Å²) >= 11 is 1.57. The fourth-order valence-electron chi connectivity index (χ4n) is 3.08. The first-order valence-corrected chi connectivity index (χ1v) is 10.5. The highest BCUT2D eigenvalue weighted by atomic mass is 32.1. The van der Waals surface area contributed by atoms with Gasteiger partial charge < -0.3 is 21.1 Å². The van der Waals surface area contributed by atoms with E-state index in [0.717, 1.165) is 20.7 Å². The molecular weight excluding hydrogens is 418 g/mol. The number of fused-ring (bicyclic) bond motifs is 1. The Morgan fingerprint density at radius 1 is 1.19 bits per heavy atom. The Hall–Kier alpha value is -3.53. The molecule has 1 atom stereocenters. The SMILES string of the molecule is CN(CCC(=O)NC(CCC(N)=O)C(=O)O)c1ncnc2sc(-c3ccccc3)cc12. The van der Waals surface area contributed by atoms with Crippen molar-refractivity contribution in [3.8, 4) is 10.4 Å². The molecule has 162 valence electrons. The second-order valence-corrected chi connectivity index (χ2v) is 8.06. The molecule has 0 saturated heterocycles. The Labute approximate surface area is 182 Å². The van der Waals surface area contributed by atoms with Crippen molar-refractivity contribution in [1.29, 1.82) is 0 Å². The number of amides is 2. The summed E-state index contributed by atoms with van der Waals surface area (Å²) in [5.41, 5.74) is 6.15. The lowest BCUT2D eigenvalue weighted by Crippen LogP contribution is -2.42. The third-order valence-electron chi connectivity index (χ3n) is 4.72. The molecule has 3 rings (SSSR count). The summed E-state index contributed by atoms with van der Waals surface area (Å²) in [5, 5.41) is 12.5. The fourth-order valence-corrected chi connectivity index (χ4v) is 4.08. The third kappa shape index (κ3) is 5.76. The van der Waals surface area contributed by atoms with Gasteiger partial charge in [0.1, 0.15) is 23.0 Å². The molecule has 3 aromatic rings. The summed E-state index contributed by atoms with van der Waals surface area (Å²) in [4.78, 5) is 46.9. The molecule has 10 heteroatoms. The number of primary amides is 1. The van der Waals surface area contributed by atoms with Crippen LogP contribution in [0.2, 0.25) is 0 Å². The minimum atomic E-state index is -1.20. The molecule has 0 fully saturated rings. The average molecular weight is 442 g/mol. The van der Waals surface area contributed by atoms with Crippen molar-refractivity contribution in [2.45, 2.75) is 25.3 Å². The van der Waals surface area contributed by atoms with Crippen LogP contribution in [0.25, 0.3) is 20.7 Å². The number of anilines is 1. The molecular formula is C21H23N5O4S. The number of nitrogens with zero attached hydrogens (tertiary/aromatic N) is 3. The van der Waals surface area contributed by atoms with Crippen LogP contribution in [0.4, 0.5) is 5.82 Å². The monoisotopic (exact) mass is 441 g/mol. The zero-order valence-electron chi connectivity index (χ0n) is 16.9. The molecule has 1 unspecified atom stereocenters.